The summed E-state index contributed by atoms with van der Waals surface area (Å²) in [5.41, 5.74) is 2.26. The Kier molecular flexibility index (Phi) is 3.95. The van der Waals surface area contributed by atoms with Crippen LogP contribution < -0.4 is 0 Å². The molecule has 0 radical (unpaired) electrons. The number of aromatic nitrogens is 2. The molecule has 0 fully saturated rings. The van der Waals surface area contributed by atoms with Gasteiger partial charge in [-0.1, -0.05) is 35.3 Å². The third-order valence-corrected chi connectivity index (χ3v) is 3.46. The monoisotopic (exact) mass is 284 g/mol. The van der Waals surface area contributed by atoms with E-state index >= 15 is 0 Å². The SMILES string of the molecule is CCn1ncc(Cl)c1C(O)c1ccc(C)cc1Cl. The van der Waals surface area contributed by atoms with Gasteiger partial charge in [0, 0.05) is 17.1 Å². The molecule has 0 amide bonds. The lowest BCUT2D eigenvalue weighted by molar-refractivity contribution is 0.208. The van der Waals surface area contributed by atoms with Crippen molar-refractivity contribution in [3.63, 3.8) is 0 Å². The first-order valence-corrected chi connectivity index (χ1v) is 6.45. The second kappa shape index (κ2) is 5.31. The summed E-state index contributed by atoms with van der Waals surface area (Å²) >= 11 is 12.2. The fourth-order valence-corrected chi connectivity index (χ4v) is 2.48. The average molecular weight is 285 g/mol. The lowest BCUT2D eigenvalue weighted by Crippen LogP contribution is -2.10. The number of hydrogen-bond acceptors (Lipinski definition) is 2. The van der Waals surface area contributed by atoms with Gasteiger partial charge in [0.25, 0.3) is 0 Å². The van der Waals surface area contributed by atoms with Crippen LogP contribution >= 0.6 is 23.2 Å². The van der Waals surface area contributed by atoms with Crippen molar-refractivity contribution >= 4 is 23.2 Å². The van der Waals surface area contributed by atoms with Crippen LogP contribution in [0.2, 0.25) is 10.0 Å². The molecular formula is C13H14Cl2N2O. The molecule has 1 aromatic heterocycles. The van der Waals surface area contributed by atoms with Crippen LogP contribution in [0.5, 0.6) is 0 Å². The minimum absolute atomic E-state index is 0.445. The molecule has 0 aliphatic rings. The van der Waals surface area contributed by atoms with E-state index in [0.29, 0.717) is 27.8 Å². The third kappa shape index (κ3) is 2.39. The van der Waals surface area contributed by atoms with E-state index < -0.39 is 6.10 Å². The van der Waals surface area contributed by atoms with E-state index in [4.69, 9.17) is 23.2 Å². The van der Waals surface area contributed by atoms with E-state index in [1.165, 1.54) is 6.20 Å². The summed E-state index contributed by atoms with van der Waals surface area (Å²) in [6.45, 7) is 4.53. The Morgan fingerprint density at radius 3 is 2.67 bits per heavy atom. The van der Waals surface area contributed by atoms with Gasteiger partial charge in [-0.05, 0) is 25.5 Å². The van der Waals surface area contributed by atoms with Gasteiger partial charge in [0.15, 0.2) is 0 Å². The van der Waals surface area contributed by atoms with Gasteiger partial charge in [0.1, 0.15) is 6.10 Å². The zero-order valence-corrected chi connectivity index (χ0v) is 11.7. The minimum Gasteiger partial charge on any atom is -0.382 e. The van der Waals surface area contributed by atoms with E-state index in [0.717, 1.165) is 5.56 Å². The fraction of sp³-hybridized carbons (Fsp3) is 0.308. The van der Waals surface area contributed by atoms with Crippen LogP contribution in [0.15, 0.2) is 24.4 Å². The molecule has 1 atom stereocenters. The van der Waals surface area contributed by atoms with Gasteiger partial charge >= 0.3 is 0 Å². The van der Waals surface area contributed by atoms with Crippen LogP contribution in [-0.4, -0.2) is 14.9 Å². The highest BCUT2D eigenvalue weighted by molar-refractivity contribution is 6.32. The van der Waals surface area contributed by atoms with E-state index in [1.807, 2.05) is 32.0 Å². The zero-order chi connectivity index (χ0) is 13.3. The lowest BCUT2D eigenvalue weighted by atomic mass is 10.0. The number of aliphatic hydroxyl groups excluding tert-OH is 1. The van der Waals surface area contributed by atoms with E-state index in [1.54, 1.807) is 4.68 Å². The minimum atomic E-state index is -0.868. The highest BCUT2D eigenvalue weighted by atomic mass is 35.5. The van der Waals surface area contributed by atoms with Crippen molar-refractivity contribution in [2.75, 3.05) is 0 Å². The molecule has 5 heteroatoms. The van der Waals surface area contributed by atoms with Crippen molar-refractivity contribution in [2.45, 2.75) is 26.5 Å². The summed E-state index contributed by atoms with van der Waals surface area (Å²) in [7, 11) is 0. The summed E-state index contributed by atoms with van der Waals surface area (Å²) in [4.78, 5) is 0. The maximum atomic E-state index is 10.4. The van der Waals surface area contributed by atoms with Gasteiger partial charge in [0.2, 0.25) is 0 Å². The predicted octanol–water partition coefficient (Wildman–Crippen LogP) is 3.60. The van der Waals surface area contributed by atoms with Gasteiger partial charge in [-0.15, -0.1) is 0 Å². The van der Waals surface area contributed by atoms with Crippen LogP contribution in [0.3, 0.4) is 0 Å². The van der Waals surface area contributed by atoms with Crippen molar-refractivity contribution in [1.29, 1.82) is 0 Å². The Balaban J connectivity index is 2.47. The van der Waals surface area contributed by atoms with Crippen LogP contribution in [0.1, 0.15) is 29.8 Å². The Labute approximate surface area is 116 Å². The Morgan fingerprint density at radius 1 is 1.33 bits per heavy atom. The van der Waals surface area contributed by atoms with Gasteiger partial charge in [-0.3, -0.25) is 4.68 Å². The summed E-state index contributed by atoms with van der Waals surface area (Å²) < 4.78 is 1.67. The van der Waals surface area contributed by atoms with Crippen molar-refractivity contribution < 1.29 is 5.11 Å². The molecule has 0 spiro atoms. The summed E-state index contributed by atoms with van der Waals surface area (Å²) in [5, 5.41) is 15.5. The number of aliphatic hydroxyl groups is 1. The number of benzene rings is 1. The van der Waals surface area contributed by atoms with Crippen molar-refractivity contribution in [1.82, 2.24) is 9.78 Å². The molecule has 96 valence electrons. The van der Waals surface area contributed by atoms with Gasteiger partial charge in [-0.2, -0.15) is 5.10 Å². The molecule has 1 heterocycles. The van der Waals surface area contributed by atoms with Crippen molar-refractivity contribution in [2.24, 2.45) is 0 Å². The van der Waals surface area contributed by atoms with Crippen LogP contribution in [0.4, 0.5) is 0 Å². The first kappa shape index (κ1) is 13.4. The number of hydrogen-bond donors (Lipinski definition) is 1. The van der Waals surface area contributed by atoms with Crippen molar-refractivity contribution in [3.05, 3.63) is 51.3 Å². The molecule has 0 aliphatic carbocycles. The van der Waals surface area contributed by atoms with Gasteiger partial charge in [-0.25, -0.2) is 0 Å². The summed E-state index contributed by atoms with van der Waals surface area (Å²) in [6.07, 6.45) is 0.666. The Bertz CT molecular complexity index is 566. The zero-order valence-electron chi connectivity index (χ0n) is 10.2. The molecule has 2 aromatic rings. The van der Waals surface area contributed by atoms with Gasteiger partial charge < -0.3 is 5.11 Å². The van der Waals surface area contributed by atoms with E-state index in [-0.39, 0.29) is 0 Å². The second-order valence-electron chi connectivity index (χ2n) is 4.12. The molecule has 0 saturated heterocycles. The average Bonchev–Trinajstić information content (AvgIpc) is 2.69. The molecule has 0 saturated carbocycles. The Hall–Kier alpha value is -1.03. The number of halogens is 2. The van der Waals surface area contributed by atoms with Crippen LogP contribution in [-0.2, 0) is 6.54 Å². The predicted molar refractivity (Wildman–Crippen MR) is 73.2 cm³/mol. The molecule has 1 aromatic carbocycles. The lowest BCUT2D eigenvalue weighted by Gasteiger charge is -2.15. The highest BCUT2D eigenvalue weighted by Gasteiger charge is 2.21. The maximum absolute atomic E-state index is 10.4. The number of nitrogens with zero attached hydrogens (tertiary/aromatic N) is 2. The van der Waals surface area contributed by atoms with Crippen molar-refractivity contribution in [3.8, 4) is 0 Å². The highest BCUT2D eigenvalue weighted by Crippen LogP contribution is 2.32. The van der Waals surface area contributed by atoms with E-state index in [9.17, 15) is 5.11 Å². The topological polar surface area (TPSA) is 38.0 Å². The molecule has 0 bridgehead atoms. The smallest absolute Gasteiger partial charge is 0.124 e. The summed E-state index contributed by atoms with van der Waals surface area (Å²) in [6, 6.07) is 5.54. The molecule has 2 rings (SSSR count). The number of aryl methyl sites for hydroxylation is 2. The van der Waals surface area contributed by atoms with Crippen LogP contribution in [0.25, 0.3) is 0 Å². The maximum Gasteiger partial charge on any atom is 0.124 e. The second-order valence-corrected chi connectivity index (χ2v) is 4.94. The standard InChI is InChI=1S/C13H14Cl2N2O/c1-3-17-12(11(15)7-16-17)13(18)9-5-4-8(2)6-10(9)14/h4-7,13,18H,3H2,1-2H3. The largest absolute Gasteiger partial charge is 0.382 e. The first-order chi connectivity index (χ1) is 8.54. The first-order valence-electron chi connectivity index (χ1n) is 5.70. The molecule has 1 unspecified atom stereocenters. The van der Waals surface area contributed by atoms with Gasteiger partial charge in [0.05, 0.1) is 16.9 Å². The van der Waals surface area contributed by atoms with E-state index in [2.05, 4.69) is 5.10 Å². The third-order valence-electron chi connectivity index (χ3n) is 2.84. The van der Waals surface area contributed by atoms with Crippen LogP contribution in [0, 0.1) is 6.92 Å². The normalized spacial score (nSPS) is 12.7. The molecule has 1 N–H and O–H groups in total. The molecule has 18 heavy (non-hydrogen) atoms. The number of rotatable bonds is 3. The summed E-state index contributed by atoms with van der Waals surface area (Å²) in [5.74, 6) is 0. The quantitative estimate of drug-likeness (QED) is 0.935. The molecule has 0 aliphatic heterocycles. The molecule has 3 nitrogen and oxygen atoms in total. The Morgan fingerprint density at radius 2 is 2.06 bits per heavy atom. The fourth-order valence-electron chi connectivity index (χ4n) is 1.90. The molecular weight excluding hydrogens is 271 g/mol.